The van der Waals surface area contributed by atoms with Gasteiger partial charge in [-0.15, -0.1) is 0 Å². The summed E-state index contributed by atoms with van der Waals surface area (Å²) < 4.78 is 1.79. The molecule has 0 spiro atoms. The zero-order valence-corrected chi connectivity index (χ0v) is 9.69. The molecular weight excluding hydrogens is 214 g/mol. The second-order valence-electron chi connectivity index (χ2n) is 4.34. The van der Waals surface area contributed by atoms with Gasteiger partial charge in [0.1, 0.15) is 12.1 Å². The molecule has 1 aliphatic rings. The first-order valence-corrected chi connectivity index (χ1v) is 5.91. The van der Waals surface area contributed by atoms with Crippen LogP contribution in [-0.4, -0.2) is 22.6 Å². The number of nitrogens with zero attached hydrogens (tertiary/aromatic N) is 4. The Labute approximate surface area is 101 Å². The van der Waals surface area contributed by atoms with E-state index in [-0.39, 0.29) is 5.69 Å². The average Bonchev–Trinajstić information content (AvgIpc) is 2.79. The van der Waals surface area contributed by atoms with Gasteiger partial charge in [0.25, 0.3) is 0 Å². The molecule has 5 nitrogen and oxygen atoms in total. The van der Waals surface area contributed by atoms with E-state index < -0.39 is 0 Å². The normalized spacial score (nSPS) is 16.4. The molecular formula is C12H15N5. The highest BCUT2D eigenvalue weighted by Crippen LogP contribution is 2.17. The predicted molar refractivity (Wildman–Crippen MR) is 61.9 cm³/mol. The third-order valence-electron chi connectivity index (χ3n) is 3.29. The van der Waals surface area contributed by atoms with Crippen LogP contribution in [0.5, 0.6) is 0 Å². The Morgan fingerprint density at radius 1 is 1.35 bits per heavy atom. The second kappa shape index (κ2) is 5.47. The van der Waals surface area contributed by atoms with Crippen molar-refractivity contribution < 1.29 is 0 Å². The van der Waals surface area contributed by atoms with Crippen LogP contribution in [0.4, 0.5) is 0 Å². The zero-order chi connectivity index (χ0) is 12.1. The number of hydrogen-bond donors (Lipinski definition) is 1. The highest BCUT2D eigenvalue weighted by atomic mass is 15.1. The van der Waals surface area contributed by atoms with Gasteiger partial charge in [-0.3, -0.25) is 0 Å². The minimum absolute atomic E-state index is 0.234. The quantitative estimate of drug-likeness (QED) is 0.839. The Morgan fingerprint density at radius 3 is 2.76 bits per heavy atom. The molecule has 0 aliphatic carbocycles. The van der Waals surface area contributed by atoms with Crippen LogP contribution >= 0.6 is 0 Å². The lowest BCUT2D eigenvalue weighted by molar-refractivity contribution is 0.337. The summed E-state index contributed by atoms with van der Waals surface area (Å²) in [4.78, 5) is 3.94. The number of aryl methyl sites for hydroxylation is 1. The van der Waals surface area contributed by atoms with Crippen molar-refractivity contribution in [3.8, 4) is 12.1 Å². The first-order valence-electron chi connectivity index (χ1n) is 5.91. The van der Waals surface area contributed by atoms with Gasteiger partial charge in [-0.05, 0) is 38.3 Å². The van der Waals surface area contributed by atoms with E-state index in [9.17, 15) is 0 Å². The Morgan fingerprint density at radius 2 is 2.12 bits per heavy atom. The molecule has 1 saturated heterocycles. The highest BCUT2D eigenvalue weighted by molar-refractivity contribution is 5.35. The minimum Gasteiger partial charge on any atom is -0.321 e. The van der Waals surface area contributed by atoms with Crippen LogP contribution in [0.3, 0.4) is 0 Å². The molecule has 1 fully saturated rings. The fourth-order valence-electron chi connectivity index (χ4n) is 2.24. The number of rotatable bonds is 3. The van der Waals surface area contributed by atoms with Crippen LogP contribution in [0.15, 0.2) is 6.33 Å². The molecule has 1 aromatic rings. The molecule has 5 heteroatoms. The Bertz CT molecular complexity index is 456. The molecule has 0 aromatic carbocycles. The molecule has 0 unspecified atom stereocenters. The lowest BCUT2D eigenvalue weighted by atomic mass is 9.95. The van der Waals surface area contributed by atoms with Gasteiger partial charge in [0.2, 0.25) is 0 Å². The van der Waals surface area contributed by atoms with Crippen LogP contribution in [0.2, 0.25) is 0 Å². The number of aromatic nitrogens is 2. The smallest absolute Gasteiger partial charge is 0.176 e. The molecule has 0 atom stereocenters. The van der Waals surface area contributed by atoms with Crippen molar-refractivity contribution >= 4 is 0 Å². The van der Waals surface area contributed by atoms with E-state index in [1.165, 1.54) is 12.8 Å². The Balaban J connectivity index is 1.97. The summed E-state index contributed by atoms with van der Waals surface area (Å²) in [5.41, 5.74) is 0.624. The largest absolute Gasteiger partial charge is 0.321 e. The van der Waals surface area contributed by atoms with Crippen LogP contribution in [0, 0.1) is 28.6 Å². The van der Waals surface area contributed by atoms with Crippen molar-refractivity contribution in [2.24, 2.45) is 5.92 Å². The van der Waals surface area contributed by atoms with Gasteiger partial charge in [-0.2, -0.15) is 10.5 Å². The average molecular weight is 229 g/mol. The van der Waals surface area contributed by atoms with Crippen LogP contribution in [-0.2, 0) is 6.54 Å². The van der Waals surface area contributed by atoms with Crippen molar-refractivity contribution in [3.05, 3.63) is 17.7 Å². The van der Waals surface area contributed by atoms with Gasteiger partial charge >= 0.3 is 0 Å². The topological polar surface area (TPSA) is 77.4 Å². The summed E-state index contributed by atoms with van der Waals surface area (Å²) in [7, 11) is 0. The number of piperidine rings is 1. The summed E-state index contributed by atoms with van der Waals surface area (Å²) in [5, 5.41) is 21.1. The summed E-state index contributed by atoms with van der Waals surface area (Å²) in [6, 6.07) is 3.99. The molecule has 88 valence electrons. The zero-order valence-electron chi connectivity index (χ0n) is 9.69. The van der Waals surface area contributed by atoms with Gasteiger partial charge in [-0.1, -0.05) is 0 Å². The maximum Gasteiger partial charge on any atom is 0.176 e. The molecule has 2 rings (SSSR count). The van der Waals surface area contributed by atoms with Gasteiger partial charge in [0.05, 0.1) is 6.33 Å². The van der Waals surface area contributed by atoms with Crippen molar-refractivity contribution in [2.45, 2.75) is 25.8 Å². The van der Waals surface area contributed by atoms with Crippen molar-refractivity contribution in [1.29, 1.82) is 10.5 Å². The molecule has 0 amide bonds. The molecule has 17 heavy (non-hydrogen) atoms. The summed E-state index contributed by atoms with van der Waals surface area (Å²) in [5.74, 6) is 0.718. The van der Waals surface area contributed by atoms with E-state index >= 15 is 0 Å². The molecule has 1 aromatic heterocycles. The fraction of sp³-hybridized carbons (Fsp3) is 0.583. The highest BCUT2D eigenvalue weighted by Gasteiger charge is 2.15. The van der Waals surface area contributed by atoms with E-state index in [0.717, 1.165) is 32.0 Å². The number of imidazole rings is 1. The molecule has 0 saturated carbocycles. The first-order chi connectivity index (χ1) is 8.35. The van der Waals surface area contributed by atoms with E-state index in [1.54, 1.807) is 10.9 Å². The summed E-state index contributed by atoms with van der Waals surface area (Å²) >= 11 is 0. The van der Waals surface area contributed by atoms with Crippen molar-refractivity contribution in [3.63, 3.8) is 0 Å². The molecule has 2 heterocycles. The number of nitrogens with one attached hydrogen (secondary N) is 1. The first kappa shape index (κ1) is 11.6. The van der Waals surface area contributed by atoms with Crippen LogP contribution < -0.4 is 5.32 Å². The van der Waals surface area contributed by atoms with Gasteiger partial charge in [0.15, 0.2) is 11.4 Å². The van der Waals surface area contributed by atoms with Crippen molar-refractivity contribution in [1.82, 2.24) is 14.9 Å². The third-order valence-corrected chi connectivity index (χ3v) is 3.29. The molecule has 1 aliphatic heterocycles. The van der Waals surface area contributed by atoms with Crippen LogP contribution in [0.1, 0.15) is 30.7 Å². The van der Waals surface area contributed by atoms with E-state index in [2.05, 4.69) is 10.3 Å². The van der Waals surface area contributed by atoms with Gasteiger partial charge < -0.3 is 9.88 Å². The van der Waals surface area contributed by atoms with E-state index in [4.69, 9.17) is 10.5 Å². The Kier molecular flexibility index (Phi) is 3.74. The van der Waals surface area contributed by atoms with E-state index in [0.29, 0.717) is 5.69 Å². The Hall–Kier alpha value is -1.85. The maximum absolute atomic E-state index is 8.98. The predicted octanol–water partition coefficient (Wildman–Crippen LogP) is 1.02. The monoisotopic (exact) mass is 229 g/mol. The lowest BCUT2D eigenvalue weighted by Gasteiger charge is -2.22. The number of hydrogen-bond acceptors (Lipinski definition) is 4. The number of nitriles is 2. The maximum atomic E-state index is 8.98. The SMILES string of the molecule is N#Cc1ncn(CCC2CCNCC2)c1C#N. The lowest BCUT2D eigenvalue weighted by Crippen LogP contribution is -2.28. The molecule has 1 N–H and O–H groups in total. The summed E-state index contributed by atoms with van der Waals surface area (Å²) in [6.07, 6.45) is 5.04. The molecule has 0 radical (unpaired) electrons. The van der Waals surface area contributed by atoms with Crippen LogP contribution in [0.25, 0.3) is 0 Å². The molecule has 0 bridgehead atoms. The van der Waals surface area contributed by atoms with Crippen molar-refractivity contribution in [2.75, 3.05) is 13.1 Å². The summed E-state index contributed by atoms with van der Waals surface area (Å²) in [6.45, 7) is 2.95. The van der Waals surface area contributed by atoms with Gasteiger partial charge in [0, 0.05) is 6.54 Å². The third kappa shape index (κ3) is 2.64. The second-order valence-corrected chi connectivity index (χ2v) is 4.34. The fourth-order valence-corrected chi connectivity index (χ4v) is 2.24. The van der Waals surface area contributed by atoms with E-state index in [1.807, 2.05) is 12.1 Å². The standard InChI is InChI=1S/C12H15N5/c13-7-11-12(8-14)17(9-16-11)6-3-10-1-4-15-5-2-10/h9-10,15H,1-6H2. The van der Waals surface area contributed by atoms with Gasteiger partial charge in [-0.25, -0.2) is 4.98 Å². The minimum atomic E-state index is 0.234.